The fraction of sp³-hybridized carbons (Fsp3) is 0.417. The van der Waals surface area contributed by atoms with Gasteiger partial charge in [-0.15, -0.1) is 0 Å². The first-order valence-corrected chi connectivity index (χ1v) is 5.92. The van der Waals surface area contributed by atoms with Crippen molar-refractivity contribution in [2.45, 2.75) is 31.7 Å². The number of carbonyl (C=O) groups is 1. The van der Waals surface area contributed by atoms with Gasteiger partial charge in [0.15, 0.2) is 0 Å². The van der Waals surface area contributed by atoms with E-state index in [4.69, 9.17) is 0 Å². The second-order valence-corrected chi connectivity index (χ2v) is 5.33. The fourth-order valence-electron chi connectivity index (χ4n) is 2.08. The molecule has 1 aromatic rings. The van der Waals surface area contributed by atoms with Gasteiger partial charge < -0.3 is 5.32 Å². The highest BCUT2D eigenvalue weighted by atomic mass is 79.9. The van der Waals surface area contributed by atoms with Crippen LogP contribution in [0.25, 0.3) is 0 Å². The average Bonchev–Trinajstić information content (AvgIpc) is 2.45. The molecule has 80 valence electrons. The summed E-state index contributed by atoms with van der Waals surface area (Å²) in [6, 6.07) is 8.24. The van der Waals surface area contributed by atoms with Crippen molar-refractivity contribution < 1.29 is 4.79 Å². The van der Waals surface area contributed by atoms with Crippen LogP contribution in [-0.4, -0.2) is 11.4 Å². The molecule has 1 atom stereocenters. The average molecular weight is 268 g/mol. The molecule has 1 saturated heterocycles. The Bertz CT molecular complexity index is 391. The highest BCUT2D eigenvalue weighted by Crippen LogP contribution is 2.25. The van der Waals surface area contributed by atoms with Crippen LogP contribution in [0, 0.1) is 0 Å². The van der Waals surface area contributed by atoms with Crippen LogP contribution in [-0.2, 0) is 11.2 Å². The van der Waals surface area contributed by atoms with Gasteiger partial charge >= 0.3 is 0 Å². The zero-order valence-corrected chi connectivity index (χ0v) is 10.3. The first-order valence-electron chi connectivity index (χ1n) is 5.13. The fourth-order valence-corrected chi connectivity index (χ4v) is 2.53. The SMILES string of the molecule is CC1(Cc2cccc(Br)c2)CCC(=O)N1. The Labute approximate surface area is 98.2 Å². The van der Waals surface area contributed by atoms with Gasteiger partial charge in [0.1, 0.15) is 0 Å². The first kappa shape index (κ1) is 10.7. The molecule has 3 heteroatoms. The summed E-state index contributed by atoms with van der Waals surface area (Å²) < 4.78 is 1.09. The minimum absolute atomic E-state index is 0.0577. The summed E-state index contributed by atoms with van der Waals surface area (Å²) in [6.07, 6.45) is 2.49. The van der Waals surface area contributed by atoms with Crippen LogP contribution in [0.15, 0.2) is 28.7 Å². The van der Waals surface area contributed by atoms with Crippen LogP contribution in [0.3, 0.4) is 0 Å². The molecule has 1 aliphatic rings. The van der Waals surface area contributed by atoms with E-state index in [0.29, 0.717) is 6.42 Å². The van der Waals surface area contributed by atoms with Gasteiger partial charge in [0.2, 0.25) is 5.91 Å². The van der Waals surface area contributed by atoms with Crippen LogP contribution >= 0.6 is 15.9 Å². The lowest BCUT2D eigenvalue weighted by Crippen LogP contribution is -2.40. The molecule has 2 rings (SSSR count). The summed E-state index contributed by atoms with van der Waals surface area (Å²) in [5, 5.41) is 3.04. The topological polar surface area (TPSA) is 29.1 Å². The molecule has 2 nitrogen and oxygen atoms in total. The Hall–Kier alpha value is -0.830. The van der Waals surface area contributed by atoms with Crippen LogP contribution in [0.1, 0.15) is 25.3 Å². The van der Waals surface area contributed by atoms with Gasteiger partial charge in [0.25, 0.3) is 0 Å². The molecule has 1 amide bonds. The smallest absolute Gasteiger partial charge is 0.220 e. The molecule has 1 unspecified atom stereocenters. The standard InChI is InChI=1S/C12H14BrNO/c1-12(6-5-11(15)14-12)8-9-3-2-4-10(13)7-9/h2-4,7H,5-6,8H2,1H3,(H,14,15). The van der Waals surface area contributed by atoms with Crippen molar-refractivity contribution >= 4 is 21.8 Å². The predicted molar refractivity (Wildman–Crippen MR) is 63.6 cm³/mol. The van der Waals surface area contributed by atoms with Crippen molar-refractivity contribution in [3.05, 3.63) is 34.3 Å². The second-order valence-electron chi connectivity index (χ2n) is 4.42. The van der Waals surface area contributed by atoms with Crippen molar-refractivity contribution in [3.8, 4) is 0 Å². The summed E-state index contributed by atoms with van der Waals surface area (Å²) in [4.78, 5) is 11.2. The highest BCUT2D eigenvalue weighted by molar-refractivity contribution is 9.10. The van der Waals surface area contributed by atoms with Crippen molar-refractivity contribution in [1.29, 1.82) is 0 Å². The zero-order chi connectivity index (χ0) is 10.9. The van der Waals surface area contributed by atoms with E-state index < -0.39 is 0 Å². The largest absolute Gasteiger partial charge is 0.351 e. The van der Waals surface area contributed by atoms with Gasteiger partial charge in [-0.2, -0.15) is 0 Å². The lowest BCUT2D eigenvalue weighted by Gasteiger charge is -2.23. The summed E-state index contributed by atoms with van der Waals surface area (Å²) in [7, 11) is 0. The number of nitrogens with one attached hydrogen (secondary N) is 1. The van der Waals surface area contributed by atoms with Gasteiger partial charge in [-0.1, -0.05) is 28.1 Å². The normalized spacial score (nSPS) is 25.3. The molecule has 0 aliphatic carbocycles. The Kier molecular flexibility index (Phi) is 2.83. The quantitative estimate of drug-likeness (QED) is 0.877. The monoisotopic (exact) mass is 267 g/mol. The molecule has 1 heterocycles. The highest BCUT2D eigenvalue weighted by Gasteiger charge is 2.32. The van der Waals surface area contributed by atoms with Crippen molar-refractivity contribution in [1.82, 2.24) is 5.32 Å². The Morgan fingerprint density at radius 1 is 1.53 bits per heavy atom. The van der Waals surface area contributed by atoms with E-state index in [1.54, 1.807) is 0 Å². The van der Waals surface area contributed by atoms with Gasteiger partial charge in [-0.05, 0) is 37.5 Å². The van der Waals surface area contributed by atoms with Gasteiger partial charge in [-0.3, -0.25) is 4.79 Å². The molecule has 1 N–H and O–H groups in total. The van der Waals surface area contributed by atoms with Crippen LogP contribution in [0.5, 0.6) is 0 Å². The number of carbonyl (C=O) groups excluding carboxylic acids is 1. The van der Waals surface area contributed by atoms with Crippen LogP contribution in [0.4, 0.5) is 0 Å². The van der Waals surface area contributed by atoms with Gasteiger partial charge in [-0.25, -0.2) is 0 Å². The molecule has 0 aromatic heterocycles. The zero-order valence-electron chi connectivity index (χ0n) is 8.72. The minimum atomic E-state index is -0.0577. The van der Waals surface area contributed by atoms with Crippen LogP contribution in [0.2, 0.25) is 0 Å². The Morgan fingerprint density at radius 2 is 2.33 bits per heavy atom. The Balaban J connectivity index is 2.11. The number of hydrogen-bond acceptors (Lipinski definition) is 1. The van der Waals surface area contributed by atoms with Crippen LogP contribution < -0.4 is 5.32 Å². The molecule has 1 fully saturated rings. The third-order valence-corrected chi connectivity index (χ3v) is 3.32. The molecule has 15 heavy (non-hydrogen) atoms. The Morgan fingerprint density at radius 3 is 2.93 bits per heavy atom. The number of benzene rings is 1. The molecule has 0 spiro atoms. The van der Waals surface area contributed by atoms with Gasteiger partial charge in [0, 0.05) is 16.4 Å². The van der Waals surface area contributed by atoms with E-state index in [2.05, 4.69) is 40.3 Å². The number of halogens is 1. The van der Waals surface area contributed by atoms with E-state index in [9.17, 15) is 4.79 Å². The summed E-state index contributed by atoms with van der Waals surface area (Å²) >= 11 is 3.45. The first-order chi connectivity index (χ1) is 7.07. The maximum atomic E-state index is 11.2. The lowest BCUT2D eigenvalue weighted by atomic mass is 9.91. The van der Waals surface area contributed by atoms with E-state index in [0.717, 1.165) is 17.3 Å². The molecule has 0 saturated carbocycles. The van der Waals surface area contributed by atoms with Gasteiger partial charge in [0.05, 0.1) is 0 Å². The number of rotatable bonds is 2. The van der Waals surface area contributed by atoms with E-state index in [-0.39, 0.29) is 11.4 Å². The van der Waals surface area contributed by atoms with E-state index in [1.165, 1.54) is 5.56 Å². The molecular weight excluding hydrogens is 254 g/mol. The third kappa shape index (κ3) is 2.59. The molecular formula is C12H14BrNO. The predicted octanol–water partition coefficient (Wildman–Crippen LogP) is 2.66. The van der Waals surface area contributed by atoms with E-state index >= 15 is 0 Å². The van der Waals surface area contributed by atoms with Crippen molar-refractivity contribution in [3.63, 3.8) is 0 Å². The summed E-state index contributed by atoms with van der Waals surface area (Å²) in [5.41, 5.74) is 1.20. The molecule has 0 bridgehead atoms. The van der Waals surface area contributed by atoms with E-state index in [1.807, 2.05) is 12.1 Å². The summed E-state index contributed by atoms with van der Waals surface area (Å²) in [6.45, 7) is 2.11. The van der Waals surface area contributed by atoms with Crippen molar-refractivity contribution in [2.24, 2.45) is 0 Å². The maximum Gasteiger partial charge on any atom is 0.220 e. The summed E-state index contributed by atoms with van der Waals surface area (Å²) in [5.74, 6) is 0.174. The van der Waals surface area contributed by atoms with Crippen molar-refractivity contribution in [2.75, 3.05) is 0 Å². The molecule has 1 aliphatic heterocycles. The minimum Gasteiger partial charge on any atom is -0.351 e. The number of hydrogen-bond donors (Lipinski definition) is 1. The molecule has 0 radical (unpaired) electrons. The third-order valence-electron chi connectivity index (χ3n) is 2.83. The number of amides is 1. The maximum absolute atomic E-state index is 11.2. The lowest BCUT2D eigenvalue weighted by molar-refractivity contribution is -0.119. The second kappa shape index (κ2) is 3.97. The molecule has 1 aromatic carbocycles.